The van der Waals surface area contributed by atoms with Crippen LogP contribution in [0, 0.1) is 27.9 Å². The first-order chi connectivity index (χ1) is 8.69. The summed E-state index contributed by atoms with van der Waals surface area (Å²) in [6.45, 7) is 12.9. The molecule has 0 aliphatic carbocycles. The summed E-state index contributed by atoms with van der Waals surface area (Å²) in [5.74, 6) is 1.62. The molecular weight excluding hydrogens is 238 g/mol. The van der Waals surface area contributed by atoms with Crippen LogP contribution in [0.4, 0.5) is 0 Å². The van der Waals surface area contributed by atoms with Crippen molar-refractivity contribution in [2.45, 2.75) is 85.6 Å². The van der Waals surface area contributed by atoms with E-state index in [0.29, 0.717) is 17.8 Å². The van der Waals surface area contributed by atoms with Gasteiger partial charge in [0.25, 0.3) is 0 Å². The Balaban J connectivity index is 4.82. The van der Waals surface area contributed by atoms with Crippen LogP contribution in [0.2, 0.25) is 0 Å². The molecule has 3 nitrogen and oxygen atoms in total. The van der Waals surface area contributed by atoms with Crippen LogP contribution < -0.4 is 0 Å². The Hall–Kier alpha value is -0.600. The number of rotatable bonds is 10. The Labute approximate surface area is 119 Å². The fourth-order valence-corrected chi connectivity index (χ4v) is 2.32. The van der Waals surface area contributed by atoms with Crippen LogP contribution in [0.25, 0.3) is 0 Å². The van der Waals surface area contributed by atoms with Crippen molar-refractivity contribution in [2.75, 3.05) is 0 Å². The zero-order valence-corrected chi connectivity index (χ0v) is 13.7. The maximum absolute atomic E-state index is 11.7. The van der Waals surface area contributed by atoms with Crippen LogP contribution in [0.5, 0.6) is 0 Å². The molecule has 0 aromatic rings. The number of nitrogens with zero attached hydrogens (tertiary/aromatic N) is 1. The molecule has 114 valence electrons. The van der Waals surface area contributed by atoms with E-state index in [4.69, 9.17) is 0 Å². The Kier molecular flexibility index (Phi) is 8.28. The van der Waals surface area contributed by atoms with Gasteiger partial charge in [0.05, 0.1) is 0 Å². The van der Waals surface area contributed by atoms with Gasteiger partial charge in [-0.15, -0.1) is 0 Å². The van der Waals surface area contributed by atoms with Gasteiger partial charge >= 0.3 is 0 Å². The Morgan fingerprint density at radius 2 is 1.05 bits per heavy atom. The molecule has 19 heavy (non-hydrogen) atoms. The molecule has 0 aliphatic rings. The quantitative estimate of drug-likeness (QED) is 0.399. The Morgan fingerprint density at radius 1 is 0.789 bits per heavy atom. The van der Waals surface area contributed by atoms with Gasteiger partial charge in [0.1, 0.15) is 0 Å². The summed E-state index contributed by atoms with van der Waals surface area (Å²) in [6, 6.07) is 0. The third-order valence-electron chi connectivity index (χ3n) is 3.95. The molecule has 0 N–H and O–H groups in total. The summed E-state index contributed by atoms with van der Waals surface area (Å²) in [5, 5.41) is 11.7. The van der Waals surface area contributed by atoms with Crippen molar-refractivity contribution in [3.8, 4) is 0 Å². The van der Waals surface area contributed by atoms with Crippen LogP contribution in [0.3, 0.4) is 0 Å². The molecule has 0 aromatic carbocycles. The second-order valence-corrected chi connectivity index (χ2v) is 7.28. The van der Waals surface area contributed by atoms with Crippen molar-refractivity contribution in [3.63, 3.8) is 0 Å². The van der Waals surface area contributed by atoms with Gasteiger partial charge < -0.3 is 0 Å². The number of nitro groups is 1. The van der Waals surface area contributed by atoms with Crippen molar-refractivity contribution >= 4 is 0 Å². The van der Waals surface area contributed by atoms with E-state index in [1.165, 1.54) is 0 Å². The maximum Gasteiger partial charge on any atom is 0.222 e. The monoisotopic (exact) mass is 271 g/mol. The molecule has 0 aromatic heterocycles. The maximum atomic E-state index is 11.7. The van der Waals surface area contributed by atoms with Gasteiger partial charge in [0, 0.05) is 24.2 Å². The van der Waals surface area contributed by atoms with Gasteiger partial charge in [-0.1, -0.05) is 41.5 Å². The van der Waals surface area contributed by atoms with E-state index in [9.17, 15) is 10.1 Å². The second-order valence-electron chi connectivity index (χ2n) is 7.28. The van der Waals surface area contributed by atoms with Crippen molar-refractivity contribution in [1.29, 1.82) is 0 Å². The Morgan fingerprint density at radius 3 is 1.21 bits per heavy atom. The van der Waals surface area contributed by atoms with E-state index in [-0.39, 0.29) is 4.92 Å². The Bertz CT molecular complexity index is 228. The summed E-state index contributed by atoms with van der Waals surface area (Å²) < 4.78 is 0. The molecule has 3 heteroatoms. The summed E-state index contributed by atoms with van der Waals surface area (Å²) in [5.41, 5.74) is -0.682. The minimum Gasteiger partial charge on any atom is -0.264 e. The van der Waals surface area contributed by atoms with Crippen LogP contribution in [0.1, 0.15) is 80.1 Å². The standard InChI is InChI=1S/C16H33NO2/c1-13(2)7-10-16(17(18)19,11-8-14(3)4)12-9-15(5)6/h13-15H,7-12H2,1-6H3. The lowest BCUT2D eigenvalue weighted by Crippen LogP contribution is -2.39. The molecule has 0 amide bonds. The molecular formula is C16H33NO2. The van der Waals surface area contributed by atoms with Crippen LogP contribution in [-0.4, -0.2) is 10.5 Å². The molecule has 0 unspecified atom stereocenters. The highest BCUT2D eigenvalue weighted by atomic mass is 16.6. The lowest BCUT2D eigenvalue weighted by atomic mass is 9.80. The first-order valence-corrected chi connectivity index (χ1v) is 7.84. The number of hydrogen-bond acceptors (Lipinski definition) is 2. The van der Waals surface area contributed by atoms with Gasteiger partial charge in [-0.05, 0) is 37.0 Å². The lowest BCUT2D eigenvalue weighted by Gasteiger charge is -2.27. The molecule has 0 bridgehead atoms. The summed E-state index contributed by atoms with van der Waals surface area (Å²) in [6.07, 6.45) is 5.07. The van der Waals surface area contributed by atoms with Crippen LogP contribution in [0.15, 0.2) is 0 Å². The first-order valence-electron chi connectivity index (χ1n) is 7.84. The fraction of sp³-hybridized carbons (Fsp3) is 1.00. The topological polar surface area (TPSA) is 43.1 Å². The molecule has 0 rings (SSSR count). The summed E-state index contributed by atoms with van der Waals surface area (Å²) in [7, 11) is 0. The predicted octanol–water partition coefficient (Wildman–Crippen LogP) is 5.31. The molecule has 0 atom stereocenters. The summed E-state index contributed by atoms with van der Waals surface area (Å²) >= 11 is 0. The van der Waals surface area contributed by atoms with E-state index in [1.54, 1.807) is 0 Å². The normalized spacial score (nSPS) is 12.7. The zero-order chi connectivity index (χ0) is 15.1. The minimum absolute atomic E-state index is 0.0279. The fourth-order valence-electron chi connectivity index (χ4n) is 2.32. The van der Waals surface area contributed by atoms with E-state index in [0.717, 1.165) is 38.5 Å². The summed E-state index contributed by atoms with van der Waals surface area (Å²) in [4.78, 5) is 11.7. The van der Waals surface area contributed by atoms with Crippen molar-refractivity contribution < 1.29 is 4.92 Å². The average molecular weight is 271 g/mol. The zero-order valence-electron chi connectivity index (χ0n) is 13.7. The van der Waals surface area contributed by atoms with Crippen LogP contribution >= 0.6 is 0 Å². The van der Waals surface area contributed by atoms with E-state index in [1.807, 2.05) is 0 Å². The highest BCUT2D eigenvalue weighted by Crippen LogP contribution is 2.33. The predicted molar refractivity (Wildman–Crippen MR) is 81.9 cm³/mol. The molecule has 0 aliphatic heterocycles. The number of hydrogen-bond donors (Lipinski definition) is 0. The molecule has 0 radical (unpaired) electrons. The second kappa shape index (κ2) is 8.55. The van der Waals surface area contributed by atoms with Gasteiger partial charge in [-0.25, -0.2) is 0 Å². The molecule has 0 saturated heterocycles. The third kappa shape index (κ3) is 7.54. The average Bonchev–Trinajstić information content (AvgIpc) is 2.27. The largest absolute Gasteiger partial charge is 0.264 e. The molecule has 0 saturated carbocycles. The van der Waals surface area contributed by atoms with Gasteiger partial charge in [0.15, 0.2) is 0 Å². The molecule has 0 heterocycles. The van der Waals surface area contributed by atoms with Gasteiger partial charge in [-0.2, -0.15) is 0 Å². The van der Waals surface area contributed by atoms with Gasteiger partial charge in [-0.3, -0.25) is 10.1 Å². The molecule has 0 spiro atoms. The van der Waals surface area contributed by atoms with E-state index >= 15 is 0 Å². The highest BCUT2D eigenvalue weighted by Gasteiger charge is 2.41. The van der Waals surface area contributed by atoms with Crippen molar-refractivity contribution in [3.05, 3.63) is 10.1 Å². The minimum atomic E-state index is -0.682. The van der Waals surface area contributed by atoms with E-state index < -0.39 is 5.54 Å². The first kappa shape index (κ1) is 18.4. The highest BCUT2D eigenvalue weighted by molar-refractivity contribution is 4.81. The lowest BCUT2D eigenvalue weighted by molar-refractivity contribution is -0.575. The van der Waals surface area contributed by atoms with Gasteiger partial charge in [0.2, 0.25) is 5.54 Å². The SMILES string of the molecule is CC(C)CCC(CCC(C)C)(CCC(C)C)[N+](=O)[O-]. The van der Waals surface area contributed by atoms with Crippen molar-refractivity contribution in [1.82, 2.24) is 0 Å². The smallest absolute Gasteiger partial charge is 0.222 e. The van der Waals surface area contributed by atoms with E-state index in [2.05, 4.69) is 41.5 Å². The van der Waals surface area contributed by atoms with Crippen molar-refractivity contribution in [2.24, 2.45) is 17.8 Å². The molecule has 0 fully saturated rings. The third-order valence-corrected chi connectivity index (χ3v) is 3.95. The van der Waals surface area contributed by atoms with Crippen LogP contribution in [-0.2, 0) is 0 Å².